The highest BCUT2D eigenvalue weighted by atomic mass is 15.3. The van der Waals surface area contributed by atoms with Crippen LogP contribution in [0, 0.1) is 0 Å². The lowest BCUT2D eigenvalue weighted by molar-refractivity contribution is 0.197. The SMILES string of the molecule is c1ccc(N2CCC(N3CCN(c4ncnc5ccccc45)CC3)C2)cc1. The number of rotatable bonds is 3. The van der Waals surface area contributed by atoms with Gasteiger partial charge in [-0.25, -0.2) is 9.97 Å². The van der Waals surface area contributed by atoms with Crippen molar-refractivity contribution in [1.29, 1.82) is 0 Å². The van der Waals surface area contributed by atoms with E-state index in [1.807, 2.05) is 6.07 Å². The zero-order chi connectivity index (χ0) is 18.1. The van der Waals surface area contributed by atoms with Crippen molar-refractivity contribution in [3.05, 3.63) is 60.9 Å². The zero-order valence-corrected chi connectivity index (χ0v) is 15.5. The van der Waals surface area contributed by atoms with Crippen molar-refractivity contribution in [3.8, 4) is 0 Å². The smallest absolute Gasteiger partial charge is 0.139 e. The molecule has 2 aromatic carbocycles. The molecule has 2 fully saturated rings. The molecule has 0 amide bonds. The molecule has 2 saturated heterocycles. The first-order chi connectivity index (χ1) is 13.4. The summed E-state index contributed by atoms with van der Waals surface area (Å²) in [4.78, 5) is 16.6. The van der Waals surface area contributed by atoms with E-state index in [1.165, 1.54) is 12.1 Å². The summed E-state index contributed by atoms with van der Waals surface area (Å²) in [6.07, 6.45) is 2.95. The lowest BCUT2D eigenvalue weighted by Crippen LogP contribution is -2.51. The third-order valence-corrected chi connectivity index (χ3v) is 5.94. The molecule has 0 radical (unpaired) electrons. The van der Waals surface area contributed by atoms with Gasteiger partial charge in [-0.3, -0.25) is 4.90 Å². The van der Waals surface area contributed by atoms with Crippen molar-refractivity contribution in [3.63, 3.8) is 0 Å². The Hall–Kier alpha value is -2.66. The van der Waals surface area contributed by atoms with E-state index in [0.717, 1.165) is 56.0 Å². The number of nitrogens with zero attached hydrogens (tertiary/aromatic N) is 5. The minimum Gasteiger partial charge on any atom is -0.370 e. The van der Waals surface area contributed by atoms with Crippen molar-refractivity contribution in [2.24, 2.45) is 0 Å². The van der Waals surface area contributed by atoms with Gasteiger partial charge in [-0.1, -0.05) is 30.3 Å². The third-order valence-electron chi connectivity index (χ3n) is 5.94. The minimum absolute atomic E-state index is 0.662. The Bertz CT molecular complexity index is 899. The zero-order valence-electron chi connectivity index (χ0n) is 15.5. The normalized spacial score (nSPS) is 21.1. The molecule has 3 heterocycles. The van der Waals surface area contributed by atoms with E-state index in [0.29, 0.717) is 6.04 Å². The number of fused-ring (bicyclic) bond motifs is 1. The number of para-hydroxylation sites is 2. The molecule has 5 rings (SSSR count). The second-order valence-electron chi connectivity index (χ2n) is 7.46. The standard InChI is InChI=1S/C22H25N5/c1-2-6-18(7-3-1)27-11-10-19(16-27)25-12-14-26(15-13-25)22-20-8-4-5-9-21(20)23-17-24-22/h1-9,17,19H,10-16H2. The molecular formula is C22H25N5. The van der Waals surface area contributed by atoms with Gasteiger partial charge < -0.3 is 9.80 Å². The van der Waals surface area contributed by atoms with Crippen molar-refractivity contribution in [2.75, 3.05) is 49.1 Å². The largest absolute Gasteiger partial charge is 0.370 e. The van der Waals surface area contributed by atoms with E-state index < -0.39 is 0 Å². The first-order valence-corrected chi connectivity index (χ1v) is 9.87. The van der Waals surface area contributed by atoms with Crippen LogP contribution in [0.4, 0.5) is 11.5 Å². The molecule has 5 nitrogen and oxygen atoms in total. The van der Waals surface area contributed by atoms with Crippen LogP contribution in [0.15, 0.2) is 60.9 Å². The fraction of sp³-hybridized carbons (Fsp3) is 0.364. The van der Waals surface area contributed by atoms with Gasteiger partial charge in [-0.15, -0.1) is 0 Å². The second kappa shape index (κ2) is 7.16. The molecule has 1 atom stereocenters. The van der Waals surface area contributed by atoms with E-state index in [-0.39, 0.29) is 0 Å². The molecule has 2 aliphatic rings. The highest BCUT2D eigenvalue weighted by Crippen LogP contribution is 2.26. The van der Waals surface area contributed by atoms with Crippen LogP contribution in [0.1, 0.15) is 6.42 Å². The van der Waals surface area contributed by atoms with Gasteiger partial charge in [0.25, 0.3) is 0 Å². The summed E-state index contributed by atoms with van der Waals surface area (Å²) in [6.45, 7) is 6.56. The van der Waals surface area contributed by atoms with E-state index >= 15 is 0 Å². The molecular weight excluding hydrogens is 334 g/mol. The Balaban J connectivity index is 1.24. The molecule has 1 aromatic heterocycles. The number of piperazine rings is 1. The monoisotopic (exact) mass is 359 g/mol. The van der Waals surface area contributed by atoms with Crippen LogP contribution in [0.3, 0.4) is 0 Å². The molecule has 0 saturated carbocycles. The molecule has 2 aliphatic heterocycles. The van der Waals surface area contributed by atoms with Crippen molar-refractivity contribution in [2.45, 2.75) is 12.5 Å². The summed E-state index contributed by atoms with van der Waals surface area (Å²) >= 11 is 0. The van der Waals surface area contributed by atoms with Gasteiger partial charge in [0.1, 0.15) is 12.1 Å². The van der Waals surface area contributed by atoms with Crippen LogP contribution < -0.4 is 9.80 Å². The van der Waals surface area contributed by atoms with Crippen LogP contribution in [0.2, 0.25) is 0 Å². The van der Waals surface area contributed by atoms with E-state index in [2.05, 4.69) is 73.2 Å². The highest BCUT2D eigenvalue weighted by Gasteiger charge is 2.30. The first kappa shape index (κ1) is 16.5. The molecule has 0 spiro atoms. The van der Waals surface area contributed by atoms with Gasteiger partial charge in [0.2, 0.25) is 0 Å². The van der Waals surface area contributed by atoms with Crippen LogP contribution in [-0.2, 0) is 0 Å². The van der Waals surface area contributed by atoms with Crippen molar-refractivity contribution >= 4 is 22.4 Å². The van der Waals surface area contributed by atoms with Gasteiger partial charge in [0.15, 0.2) is 0 Å². The maximum absolute atomic E-state index is 4.59. The van der Waals surface area contributed by atoms with Gasteiger partial charge in [-0.05, 0) is 30.7 Å². The molecule has 1 unspecified atom stereocenters. The number of aromatic nitrogens is 2. The second-order valence-corrected chi connectivity index (χ2v) is 7.46. The van der Waals surface area contributed by atoms with Gasteiger partial charge >= 0.3 is 0 Å². The van der Waals surface area contributed by atoms with Gasteiger partial charge in [0, 0.05) is 56.4 Å². The Morgan fingerprint density at radius 3 is 2.37 bits per heavy atom. The summed E-state index contributed by atoms with van der Waals surface area (Å²) in [5.74, 6) is 1.08. The maximum atomic E-state index is 4.59. The predicted octanol–water partition coefficient (Wildman–Crippen LogP) is 3.03. The molecule has 0 N–H and O–H groups in total. The Morgan fingerprint density at radius 1 is 0.741 bits per heavy atom. The lowest BCUT2D eigenvalue weighted by atomic mass is 10.1. The summed E-state index contributed by atoms with van der Waals surface area (Å²) < 4.78 is 0. The topological polar surface area (TPSA) is 35.5 Å². The van der Waals surface area contributed by atoms with Gasteiger partial charge in [0.05, 0.1) is 5.52 Å². The first-order valence-electron chi connectivity index (χ1n) is 9.87. The average Bonchev–Trinajstić information content (AvgIpc) is 3.24. The van der Waals surface area contributed by atoms with Crippen LogP contribution >= 0.6 is 0 Å². The summed E-state index contributed by atoms with van der Waals surface area (Å²) in [6, 6.07) is 19.8. The number of benzene rings is 2. The summed E-state index contributed by atoms with van der Waals surface area (Å²) in [7, 11) is 0. The van der Waals surface area contributed by atoms with Crippen LogP contribution in [0.5, 0.6) is 0 Å². The molecule has 27 heavy (non-hydrogen) atoms. The fourth-order valence-electron chi connectivity index (χ4n) is 4.45. The van der Waals surface area contributed by atoms with Crippen molar-refractivity contribution in [1.82, 2.24) is 14.9 Å². The van der Waals surface area contributed by atoms with E-state index in [9.17, 15) is 0 Å². The number of hydrogen-bond acceptors (Lipinski definition) is 5. The quantitative estimate of drug-likeness (QED) is 0.718. The minimum atomic E-state index is 0.662. The van der Waals surface area contributed by atoms with Crippen LogP contribution in [0.25, 0.3) is 10.9 Å². The Labute approximate surface area is 160 Å². The predicted molar refractivity (Wildman–Crippen MR) is 110 cm³/mol. The Kier molecular flexibility index (Phi) is 4.38. The van der Waals surface area contributed by atoms with Gasteiger partial charge in [-0.2, -0.15) is 0 Å². The molecule has 0 aliphatic carbocycles. The molecule has 3 aromatic rings. The van der Waals surface area contributed by atoms with Crippen molar-refractivity contribution < 1.29 is 0 Å². The molecule has 0 bridgehead atoms. The maximum Gasteiger partial charge on any atom is 0.139 e. The summed E-state index contributed by atoms with van der Waals surface area (Å²) in [5.41, 5.74) is 2.38. The van der Waals surface area contributed by atoms with E-state index in [4.69, 9.17) is 0 Å². The summed E-state index contributed by atoms with van der Waals surface area (Å²) in [5, 5.41) is 1.16. The number of hydrogen-bond donors (Lipinski definition) is 0. The molecule has 5 heteroatoms. The highest BCUT2D eigenvalue weighted by molar-refractivity contribution is 5.89. The lowest BCUT2D eigenvalue weighted by Gasteiger charge is -2.38. The number of anilines is 2. The van der Waals surface area contributed by atoms with Crippen LogP contribution in [-0.4, -0.2) is 60.2 Å². The average molecular weight is 359 g/mol. The Morgan fingerprint density at radius 2 is 1.52 bits per heavy atom. The van der Waals surface area contributed by atoms with E-state index in [1.54, 1.807) is 6.33 Å². The molecule has 138 valence electrons. The third kappa shape index (κ3) is 3.23. The fourth-order valence-corrected chi connectivity index (χ4v) is 4.45.